The zero-order chi connectivity index (χ0) is 16.2. The van der Waals surface area contributed by atoms with E-state index in [4.69, 9.17) is 4.98 Å². The summed E-state index contributed by atoms with van der Waals surface area (Å²) < 4.78 is 0. The van der Waals surface area contributed by atoms with Crippen molar-refractivity contribution in [3.8, 4) is 23.1 Å². The van der Waals surface area contributed by atoms with Gasteiger partial charge in [0.1, 0.15) is 5.69 Å². The molecule has 1 aliphatic carbocycles. The van der Waals surface area contributed by atoms with Gasteiger partial charge in [-0.1, -0.05) is 79.8 Å². The van der Waals surface area contributed by atoms with Crippen LogP contribution in [0, 0.1) is 17.8 Å². The van der Waals surface area contributed by atoms with Crippen LogP contribution in [0.2, 0.25) is 0 Å². The SMILES string of the molecule is C(#CC1CCCCC1)c1nc(-c2ccccc2)cc2ccccc12. The van der Waals surface area contributed by atoms with Crippen molar-refractivity contribution < 1.29 is 0 Å². The van der Waals surface area contributed by atoms with E-state index in [1.165, 1.54) is 37.5 Å². The van der Waals surface area contributed by atoms with Crippen molar-refractivity contribution in [3.63, 3.8) is 0 Å². The monoisotopic (exact) mass is 311 g/mol. The van der Waals surface area contributed by atoms with E-state index in [0.29, 0.717) is 5.92 Å². The Morgan fingerprint density at radius 3 is 2.42 bits per heavy atom. The molecule has 0 radical (unpaired) electrons. The second-order valence-corrected chi connectivity index (χ2v) is 6.55. The minimum atomic E-state index is 0.541. The first-order chi connectivity index (χ1) is 11.9. The van der Waals surface area contributed by atoms with Gasteiger partial charge in [-0.2, -0.15) is 0 Å². The summed E-state index contributed by atoms with van der Waals surface area (Å²) in [7, 11) is 0. The summed E-state index contributed by atoms with van der Waals surface area (Å²) in [6.07, 6.45) is 6.48. The Balaban J connectivity index is 1.79. The first kappa shape index (κ1) is 15.0. The smallest absolute Gasteiger partial charge is 0.121 e. The fourth-order valence-corrected chi connectivity index (χ4v) is 3.47. The molecule has 1 heterocycles. The molecule has 1 saturated carbocycles. The molecule has 0 saturated heterocycles. The summed E-state index contributed by atoms with van der Waals surface area (Å²) in [4.78, 5) is 4.88. The van der Waals surface area contributed by atoms with Gasteiger partial charge in [-0.15, -0.1) is 0 Å². The van der Waals surface area contributed by atoms with Crippen LogP contribution in [0.5, 0.6) is 0 Å². The number of nitrogens with zero attached hydrogens (tertiary/aromatic N) is 1. The Bertz CT molecular complexity index is 893. The van der Waals surface area contributed by atoms with E-state index in [9.17, 15) is 0 Å². The van der Waals surface area contributed by atoms with E-state index in [2.05, 4.69) is 66.4 Å². The first-order valence-electron chi connectivity index (χ1n) is 8.87. The molecule has 0 amide bonds. The van der Waals surface area contributed by atoms with Crippen LogP contribution in [0.1, 0.15) is 37.8 Å². The lowest BCUT2D eigenvalue weighted by Gasteiger charge is -2.15. The largest absolute Gasteiger partial charge is 0.239 e. The van der Waals surface area contributed by atoms with Gasteiger partial charge in [-0.05, 0) is 30.2 Å². The number of pyridine rings is 1. The Kier molecular flexibility index (Phi) is 4.30. The molecule has 4 rings (SSSR count). The molecule has 118 valence electrons. The Morgan fingerprint density at radius 2 is 1.58 bits per heavy atom. The Hall–Kier alpha value is -2.59. The van der Waals surface area contributed by atoms with Gasteiger partial charge in [-0.25, -0.2) is 4.98 Å². The van der Waals surface area contributed by atoms with Gasteiger partial charge in [0.15, 0.2) is 0 Å². The van der Waals surface area contributed by atoms with Crippen molar-refractivity contribution in [2.24, 2.45) is 5.92 Å². The van der Waals surface area contributed by atoms with Crippen LogP contribution in [0.3, 0.4) is 0 Å². The molecule has 1 nitrogen and oxygen atoms in total. The lowest BCUT2D eigenvalue weighted by atomic mass is 9.90. The molecule has 0 aliphatic heterocycles. The molecular formula is C23H21N. The van der Waals surface area contributed by atoms with E-state index in [1.807, 2.05) is 6.07 Å². The fraction of sp³-hybridized carbons (Fsp3) is 0.261. The topological polar surface area (TPSA) is 12.9 Å². The predicted octanol–water partition coefficient (Wildman–Crippen LogP) is 5.83. The summed E-state index contributed by atoms with van der Waals surface area (Å²) >= 11 is 0. The van der Waals surface area contributed by atoms with Gasteiger partial charge in [0.05, 0.1) is 5.69 Å². The van der Waals surface area contributed by atoms with Crippen molar-refractivity contribution in [1.82, 2.24) is 4.98 Å². The zero-order valence-electron chi connectivity index (χ0n) is 13.8. The molecule has 0 atom stereocenters. The lowest BCUT2D eigenvalue weighted by Crippen LogP contribution is -2.03. The van der Waals surface area contributed by atoms with E-state index < -0.39 is 0 Å². The second-order valence-electron chi connectivity index (χ2n) is 6.55. The van der Waals surface area contributed by atoms with Gasteiger partial charge in [0.25, 0.3) is 0 Å². The maximum atomic E-state index is 4.88. The van der Waals surface area contributed by atoms with E-state index >= 15 is 0 Å². The summed E-state index contributed by atoms with van der Waals surface area (Å²) in [5, 5.41) is 2.36. The minimum Gasteiger partial charge on any atom is -0.239 e. The maximum Gasteiger partial charge on any atom is 0.121 e. The van der Waals surface area contributed by atoms with Crippen LogP contribution in [0.4, 0.5) is 0 Å². The maximum absolute atomic E-state index is 4.88. The van der Waals surface area contributed by atoms with Crippen LogP contribution in [-0.2, 0) is 0 Å². The number of hydrogen-bond donors (Lipinski definition) is 0. The van der Waals surface area contributed by atoms with Gasteiger partial charge >= 0.3 is 0 Å². The van der Waals surface area contributed by atoms with Crippen LogP contribution in [-0.4, -0.2) is 4.98 Å². The van der Waals surface area contributed by atoms with Crippen molar-refractivity contribution in [2.75, 3.05) is 0 Å². The highest BCUT2D eigenvalue weighted by atomic mass is 14.7. The van der Waals surface area contributed by atoms with Crippen LogP contribution in [0.15, 0.2) is 60.7 Å². The summed E-state index contributed by atoms with van der Waals surface area (Å²) in [5.74, 6) is 7.44. The molecule has 1 aliphatic rings. The molecule has 0 bridgehead atoms. The molecule has 3 aromatic rings. The van der Waals surface area contributed by atoms with Crippen LogP contribution in [0.25, 0.3) is 22.0 Å². The third-order valence-corrected chi connectivity index (χ3v) is 4.81. The Morgan fingerprint density at radius 1 is 0.833 bits per heavy atom. The first-order valence-corrected chi connectivity index (χ1v) is 8.87. The minimum absolute atomic E-state index is 0.541. The number of aromatic nitrogens is 1. The summed E-state index contributed by atoms with van der Waals surface area (Å²) in [5.41, 5.74) is 3.06. The number of hydrogen-bond acceptors (Lipinski definition) is 1. The molecule has 2 aromatic carbocycles. The molecule has 1 aromatic heterocycles. The van der Waals surface area contributed by atoms with Gasteiger partial charge in [0.2, 0.25) is 0 Å². The van der Waals surface area contributed by atoms with Gasteiger partial charge in [-0.3, -0.25) is 0 Å². The predicted molar refractivity (Wildman–Crippen MR) is 101 cm³/mol. The molecule has 1 heteroatoms. The average molecular weight is 311 g/mol. The van der Waals surface area contributed by atoms with Crippen LogP contribution < -0.4 is 0 Å². The van der Waals surface area contributed by atoms with Gasteiger partial charge < -0.3 is 0 Å². The van der Waals surface area contributed by atoms with Crippen molar-refractivity contribution in [3.05, 3.63) is 66.4 Å². The fourth-order valence-electron chi connectivity index (χ4n) is 3.47. The lowest BCUT2D eigenvalue weighted by molar-refractivity contribution is 0.430. The normalized spacial score (nSPS) is 15.0. The highest BCUT2D eigenvalue weighted by Gasteiger charge is 2.11. The second kappa shape index (κ2) is 6.89. The number of rotatable bonds is 1. The average Bonchev–Trinajstić information content (AvgIpc) is 2.67. The highest BCUT2D eigenvalue weighted by Crippen LogP contribution is 2.26. The van der Waals surface area contributed by atoms with Crippen molar-refractivity contribution >= 4 is 10.8 Å². The van der Waals surface area contributed by atoms with E-state index in [1.54, 1.807) is 0 Å². The summed E-state index contributed by atoms with van der Waals surface area (Å²) in [6.45, 7) is 0. The molecule has 0 unspecified atom stereocenters. The van der Waals surface area contributed by atoms with Crippen LogP contribution >= 0.6 is 0 Å². The third kappa shape index (κ3) is 3.19. The molecular weight excluding hydrogens is 290 g/mol. The molecule has 1 fully saturated rings. The van der Waals surface area contributed by atoms with E-state index in [-0.39, 0.29) is 0 Å². The zero-order valence-corrected chi connectivity index (χ0v) is 13.8. The number of fused-ring (bicyclic) bond motifs is 1. The Labute approximate surface area is 143 Å². The quantitative estimate of drug-likeness (QED) is 0.515. The number of benzene rings is 2. The van der Waals surface area contributed by atoms with Crippen molar-refractivity contribution in [1.29, 1.82) is 0 Å². The van der Waals surface area contributed by atoms with Gasteiger partial charge in [0, 0.05) is 16.9 Å². The third-order valence-electron chi connectivity index (χ3n) is 4.81. The molecule has 0 N–H and O–H groups in total. The van der Waals surface area contributed by atoms with Crippen molar-refractivity contribution in [2.45, 2.75) is 32.1 Å². The molecule has 24 heavy (non-hydrogen) atoms. The molecule has 0 spiro atoms. The standard InChI is InChI=1S/C23H21N/c1-3-9-18(10-4-1)15-16-22-21-14-8-7-13-20(21)17-23(24-22)19-11-5-2-6-12-19/h2,5-8,11-14,17-18H,1,3-4,9-10H2. The highest BCUT2D eigenvalue weighted by molar-refractivity contribution is 5.89. The van der Waals surface area contributed by atoms with E-state index in [0.717, 1.165) is 22.3 Å². The summed E-state index contributed by atoms with van der Waals surface area (Å²) in [6, 6.07) is 20.9.